The average Bonchev–Trinajstić information content (AvgIpc) is 3.17. The molecular weight excluding hydrogens is 466 g/mol. The molecule has 0 aliphatic heterocycles. The van der Waals surface area contributed by atoms with Gasteiger partial charge >= 0.3 is 183 Å². The van der Waals surface area contributed by atoms with E-state index in [0.29, 0.717) is 0 Å². The minimum atomic E-state index is -2.73. The van der Waals surface area contributed by atoms with Gasteiger partial charge in [0.25, 0.3) is 0 Å². The third-order valence-corrected chi connectivity index (χ3v) is 10.6. The number of allylic oxidation sites excluding steroid dienone is 5. The Morgan fingerprint density at radius 1 is 0.893 bits per heavy atom. The number of aromatic nitrogens is 2. The molecule has 3 rings (SSSR count). The van der Waals surface area contributed by atoms with Crippen molar-refractivity contribution in [1.82, 2.24) is 9.97 Å². The number of nitrogens with zero attached hydrogens (tertiary/aromatic N) is 2. The van der Waals surface area contributed by atoms with Gasteiger partial charge in [0, 0.05) is 0 Å². The Balaban J connectivity index is 2.51. The van der Waals surface area contributed by atoms with Gasteiger partial charge in [-0.1, -0.05) is 0 Å². The predicted octanol–water partition coefficient (Wildman–Crippen LogP) is 6.56. The first kappa shape index (κ1) is 21.6. The molecule has 0 bridgehead atoms. The zero-order valence-corrected chi connectivity index (χ0v) is 20.5. The Bertz CT molecular complexity index is 911. The van der Waals surface area contributed by atoms with Gasteiger partial charge in [0.05, 0.1) is 0 Å². The van der Waals surface area contributed by atoms with E-state index in [4.69, 9.17) is 17.0 Å². The fourth-order valence-corrected chi connectivity index (χ4v) is 6.12. The van der Waals surface area contributed by atoms with Crippen molar-refractivity contribution in [2.24, 2.45) is 10.8 Å². The van der Waals surface area contributed by atoms with E-state index in [-0.39, 0.29) is 10.8 Å². The fourth-order valence-electron chi connectivity index (χ4n) is 3.72. The normalized spacial score (nSPS) is 14.8. The number of pyridine rings is 2. The first-order valence-electron chi connectivity index (χ1n) is 9.25. The van der Waals surface area contributed by atoms with Crippen LogP contribution in [0, 0.1) is 10.8 Å². The van der Waals surface area contributed by atoms with Crippen LogP contribution in [0.4, 0.5) is 0 Å². The van der Waals surface area contributed by atoms with Crippen LogP contribution in [0.2, 0.25) is 0 Å². The summed E-state index contributed by atoms with van der Waals surface area (Å²) in [5, 5.41) is 0. The van der Waals surface area contributed by atoms with Crippen molar-refractivity contribution < 1.29 is 18.9 Å². The second kappa shape index (κ2) is 8.70. The van der Waals surface area contributed by atoms with Crippen LogP contribution in [-0.4, -0.2) is 13.2 Å². The number of hydrogen-bond acceptors (Lipinski definition) is 2. The van der Waals surface area contributed by atoms with Crippen LogP contribution < -0.4 is 0 Å². The Labute approximate surface area is 182 Å². The molecule has 0 aromatic carbocycles. The molecule has 5 heteroatoms. The third-order valence-electron chi connectivity index (χ3n) is 5.23. The molecule has 2 nitrogen and oxygen atoms in total. The van der Waals surface area contributed by atoms with Gasteiger partial charge in [0.1, 0.15) is 0 Å². The molecule has 0 spiro atoms. The molecule has 2 aromatic heterocycles. The van der Waals surface area contributed by atoms with E-state index >= 15 is 0 Å². The Morgan fingerprint density at radius 3 is 1.75 bits per heavy atom. The van der Waals surface area contributed by atoms with E-state index in [0.717, 1.165) is 25.7 Å². The molecular formula is C23H24Cl2N2Zr. The molecule has 1 aliphatic rings. The molecule has 0 unspecified atom stereocenters. The van der Waals surface area contributed by atoms with Gasteiger partial charge in [-0.15, -0.1) is 0 Å². The standard InChI is InChI=1S/C23H24N2.2ClH.Zr/c1-5-18(23(22(2,3)4)14-8-9-15-23)21(19-12-6-10-16-24-19)20-13-7-11-17-25-20;;;/h6-17H,1-4H3;2*1H;/q;;;+2/p-2. The monoisotopic (exact) mass is 488 g/mol. The number of rotatable bonds is 4. The van der Waals surface area contributed by atoms with Crippen molar-refractivity contribution in [3.05, 3.63) is 90.1 Å². The predicted molar refractivity (Wildman–Crippen MR) is 117 cm³/mol. The molecule has 0 amide bonds. The second-order valence-electron chi connectivity index (χ2n) is 7.90. The van der Waals surface area contributed by atoms with Crippen LogP contribution in [0.25, 0.3) is 5.57 Å². The van der Waals surface area contributed by atoms with Gasteiger partial charge in [0.2, 0.25) is 0 Å². The van der Waals surface area contributed by atoms with Gasteiger partial charge in [-0.2, -0.15) is 0 Å². The summed E-state index contributed by atoms with van der Waals surface area (Å²) in [7, 11) is 13.3. The first-order valence-corrected chi connectivity index (χ1v) is 16.8. The van der Waals surface area contributed by atoms with Gasteiger partial charge in [0.15, 0.2) is 0 Å². The summed E-state index contributed by atoms with van der Waals surface area (Å²) in [4.78, 5) is 9.36. The number of hydrogen-bond donors (Lipinski definition) is 0. The zero-order valence-electron chi connectivity index (χ0n) is 16.6. The molecule has 2 aromatic rings. The average molecular weight is 491 g/mol. The van der Waals surface area contributed by atoms with Crippen LogP contribution in [-0.2, 0) is 18.9 Å². The van der Waals surface area contributed by atoms with Crippen LogP contribution in [0.5, 0.6) is 0 Å². The Hall–Kier alpha value is -1.15. The van der Waals surface area contributed by atoms with E-state index in [1.165, 1.54) is 0 Å². The molecule has 0 radical (unpaired) electrons. The molecule has 0 fully saturated rings. The molecule has 0 N–H and O–H groups in total. The van der Waals surface area contributed by atoms with Crippen molar-refractivity contribution in [2.45, 2.75) is 27.7 Å². The quantitative estimate of drug-likeness (QED) is 0.485. The molecule has 1 aliphatic carbocycles. The summed E-state index contributed by atoms with van der Waals surface area (Å²) in [5.41, 5.74) is 3.48. The zero-order chi connectivity index (χ0) is 20.4. The van der Waals surface area contributed by atoms with Gasteiger partial charge < -0.3 is 0 Å². The summed E-state index contributed by atoms with van der Waals surface area (Å²) in [6, 6.07) is 11.9. The van der Waals surface area contributed by atoms with Crippen LogP contribution >= 0.6 is 17.0 Å². The number of halogens is 2. The van der Waals surface area contributed by atoms with E-state index in [9.17, 15) is 0 Å². The summed E-state index contributed by atoms with van der Waals surface area (Å²) in [6.07, 6.45) is 12.4. The summed E-state index contributed by atoms with van der Waals surface area (Å²) in [5.74, 6) is 0. The van der Waals surface area contributed by atoms with Crippen molar-refractivity contribution in [2.75, 3.05) is 0 Å². The van der Waals surface area contributed by atoms with Crippen molar-refractivity contribution >= 4 is 25.8 Å². The van der Waals surface area contributed by atoms with E-state index in [1.807, 2.05) is 48.8 Å². The molecule has 28 heavy (non-hydrogen) atoms. The Kier molecular flexibility index (Phi) is 6.70. The van der Waals surface area contributed by atoms with Crippen LogP contribution in [0.15, 0.2) is 78.7 Å². The van der Waals surface area contributed by atoms with Crippen LogP contribution in [0.1, 0.15) is 39.1 Å². The van der Waals surface area contributed by atoms with Crippen LogP contribution in [0.3, 0.4) is 0 Å². The molecule has 144 valence electrons. The SMILES string of the molecule is C[C](C(=C(c1ccccn1)c1ccccn1)C1(C(C)(C)C)C=CC=C1)=[Zr]([Cl])[Cl]. The maximum atomic E-state index is 6.63. The topological polar surface area (TPSA) is 25.8 Å². The van der Waals surface area contributed by atoms with Gasteiger partial charge in [-0.05, 0) is 0 Å². The van der Waals surface area contributed by atoms with Crippen molar-refractivity contribution in [3.63, 3.8) is 0 Å². The maximum absolute atomic E-state index is 6.63. The summed E-state index contributed by atoms with van der Waals surface area (Å²) in [6.45, 7) is 8.84. The van der Waals surface area contributed by atoms with Crippen molar-refractivity contribution in [1.29, 1.82) is 0 Å². The van der Waals surface area contributed by atoms with E-state index < -0.39 is 18.9 Å². The van der Waals surface area contributed by atoms with Gasteiger partial charge in [-0.25, -0.2) is 0 Å². The Morgan fingerprint density at radius 2 is 1.39 bits per heavy atom. The summed E-state index contributed by atoms with van der Waals surface area (Å²) < 4.78 is 1.10. The molecule has 2 heterocycles. The molecule has 0 saturated heterocycles. The molecule has 0 saturated carbocycles. The first-order chi connectivity index (χ1) is 13.3. The van der Waals surface area contributed by atoms with Gasteiger partial charge in [-0.3, -0.25) is 0 Å². The van der Waals surface area contributed by atoms with E-state index in [1.54, 1.807) is 0 Å². The fraction of sp³-hybridized carbons (Fsp3) is 0.261. The van der Waals surface area contributed by atoms with Crippen molar-refractivity contribution in [3.8, 4) is 0 Å². The summed E-state index contributed by atoms with van der Waals surface area (Å²) >= 11 is -2.73. The molecule has 0 atom stereocenters. The third kappa shape index (κ3) is 4.08. The van der Waals surface area contributed by atoms with E-state index in [2.05, 4.69) is 62.0 Å². The second-order valence-corrected chi connectivity index (χ2v) is 16.6. The minimum absolute atomic E-state index is 0.0890.